The zero-order chi connectivity index (χ0) is 17.6. The van der Waals surface area contributed by atoms with Crippen LogP contribution in [0, 0.1) is 33.5 Å². The second-order valence-corrected chi connectivity index (χ2v) is 5.81. The Hall–Kier alpha value is -2.61. The normalized spacial score (nSPS) is 32.2. The predicted molar refractivity (Wildman–Crippen MR) is 83.4 cm³/mol. The summed E-state index contributed by atoms with van der Waals surface area (Å²) in [5.41, 5.74) is 4.32. The molecule has 1 heterocycles. The smallest absolute Gasteiger partial charge is 0.342 e. The van der Waals surface area contributed by atoms with Crippen molar-refractivity contribution >= 4 is 5.84 Å². The van der Waals surface area contributed by atoms with Gasteiger partial charge in [-0.15, -0.1) is 0 Å². The van der Waals surface area contributed by atoms with Gasteiger partial charge in [0.2, 0.25) is 0 Å². The van der Waals surface area contributed by atoms with Crippen LogP contribution >= 0.6 is 0 Å². The molecule has 0 radical (unpaired) electrons. The maximum absolute atomic E-state index is 10.0. The van der Waals surface area contributed by atoms with Gasteiger partial charge in [0.15, 0.2) is 10.8 Å². The molecule has 1 aromatic rings. The van der Waals surface area contributed by atoms with Crippen LogP contribution in [-0.4, -0.2) is 32.6 Å². The summed E-state index contributed by atoms with van der Waals surface area (Å²) in [5.74, 6) is -1.22. The molecule has 0 unspecified atom stereocenters. The molecule has 1 aliphatic carbocycles. The summed E-state index contributed by atoms with van der Waals surface area (Å²) >= 11 is 0. The number of hydrogen-bond acceptors (Lipinski definition) is 6. The van der Waals surface area contributed by atoms with Crippen LogP contribution < -0.4 is 15.5 Å². The van der Waals surface area contributed by atoms with E-state index in [1.807, 2.05) is 31.2 Å². The van der Waals surface area contributed by atoms with Gasteiger partial charge in [0, 0.05) is 19.8 Å². The highest BCUT2D eigenvalue weighted by molar-refractivity contribution is 5.95. The van der Waals surface area contributed by atoms with Gasteiger partial charge in [-0.1, -0.05) is 18.2 Å². The van der Waals surface area contributed by atoms with E-state index in [2.05, 4.69) is 17.1 Å². The Labute approximate surface area is 140 Å². The molecule has 1 saturated carbocycles. The Balaban J connectivity index is 2.25. The van der Waals surface area contributed by atoms with Crippen LogP contribution in [0.15, 0.2) is 24.3 Å². The number of para-hydroxylation sites is 1. The van der Waals surface area contributed by atoms with E-state index in [1.54, 1.807) is 0 Å². The Morgan fingerprint density at radius 3 is 2.42 bits per heavy atom. The van der Waals surface area contributed by atoms with Gasteiger partial charge in [-0.2, -0.15) is 10.5 Å². The fraction of sp³-hybridized carbons (Fsp3) is 0.471. The SMILES string of the molecule is CCOc1ccccc1[C@H]1[C@]2(C#N)C(N)=[NH+]C(OC)(OC)[C@]12C#N. The van der Waals surface area contributed by atoms with Crippen molar-refractivity contribution in [3.63, 3.8) is 0 Å². The standard InChI is InChI=1S/C17H18N4O3/c1-4-24-12-8-6-5-7-11(12)13-15(9-18)14(20)21-17(22-2,23-3)16(13,15)10-19/h5-8,13H,4H2,1-3H3,(H2,20,21)/p+1/t13-,15+,16+/m0/s1. The molecule has 7 nitrogen and oxygen atoms in total. The van der Waals surface area contributed by atoms with Crippen molar-refractivity contribution in [1.29, 1.82) is 10.5 Å². The molecule has 1 aromatic carbocycles. The van der Waals surface area contributed by atoms with Crippen LogP contribution in [-0.2, 0) is 9.47 Å². The molecule has 0 amide bonds. The van der Waals surface area contributed by atoms with Crippen molar-refractivity contribution < 1.29 is 19.2 Å². The van der Waals surface area contributed by atoms with Crippen molar-refractivity contribution in [2.75, 3.05) is 20.8 Å². The highest BCUT2D eigenvalue weighted by Crippen LogP contribution is 2.79. The van der Waals surface area contributed by atoms with Crippen LogP contribution in [0.2, 0.25) is 0 Å². The largest absolute Gasteiger partial charge is 0.494 e. The molecule has 3 N–H and O–H groups in total. The van der Waals surface area contributed by atoms with Gasteiger partial charge in [-0.3, -0.25) is 5.73 Å². The fourth-order valence-electron chi connectivity index (χ4n) is 4.09. The average Bonchev–Trinajstić information content (AvgIpc) is 3.18. The first-order valence-electron chi connectivity index (χ1n) is 7.60. The maximum Gasteiger partial charge on any atom is 0.342 e. The summed E-state index contributed by atoms with van der Waals surface area (Å²) < 4.78 is 16.7. The number of benzene rings is 1. The minimum atomic E-state index is -1.49. The van der Waals surface area contributed by atoms with Gasteiger partial charge in [0.1, 0.15) is 5.75 Å². The highest BCUT2D eigenvalue weighted by atomic mass is 16.7. The van der Waals surface area contributed by atoms with Crippen LogP contribution in [0.5, 0.6) is 5.75 Å². The minimum absolute atomic E-state index is 0.173. The fourth-order valence-corrected chi connectivity index (χ4v) is 4.09. The number of nitrogens with one attached hydrogen (secondary N) is 1. The second kappa shape index (κ2) is 5.20. The number of nitrogens with two attached hydrogens (primary N) is 1. The van der Waals surface area contributed by atoms with E-state index in [-0.39, 0.29) is 5.84 Å². The van der Waals surface area contributed by atoms with Gasteiger partial charge >= 0.3 is 5.91 Å². The molecule has 2 aliphatic rings. The van der Waals surface area contributed by atoms with Crippen molar-refractivity contribution in [2.24, 2.45) is 16.6 Å². The van der Waals surface area contributed by atoms with Gasteiger partial charge in [-0.05, 0) is 13.0 Å². The van der Waals surface area contributed by atoms with Crippen LogP contribution in [0.3, 0.4) is 0 Å². The zero-order valence-corrected chi connectivity index (χ0v) is 13.8. The summed E-state index contributed by atoms with van der Waals surface area (Å²) in [6.45, 7) is 2.35. The lowest BCUT2D eigenvalue weighted by Gasteiger charge is -2.27. The number of methoxy groups -OCH3 is 2. The number of nitriles is 2. The number of hydrogen-bond donors (Lipinski definition) is 2. The maximum atomic E-state index is 10.0. The van der Waals surface area contributed by atoms with E-state index in [4.69, 9.17) is 19.9 Å². The molecule has 0 aromatic heterocycles. The third kappa shape index (κ3) is 1.49. The molecule has 124 valence electrons. The lowest BCUT2D eigenvalue weighted by molar-refractivity contribution is -0.687. The monoisotopic (exact) mass is 327 g/mol. The number of amidine groups is 1. The van der Waals surface area contributed by atoms with Gasteiger partial charge < -0.3 is 14.2 Å². The quantitative estimate of drug-likeness (QED) is 0.711. The molecule has 3 rings (SSSR count). The van der Waals surface area contributed by atoms with E-state index in [0.717, 1.165) is 5.56 Å². The van der Waals surface area contributed by atoms with Crippen molar-refractivity contribution in [1.82, 2.24) is 0 Å². The summed E-state index contributed by atoms with van der Waals surface area (Å²) in [4.78, 5) is 2.87. The van der Waals surface area contributed by atoms with E-state index in [0.29, 0.717) is 12.4 Å². The molecule has 0 bridgehead atoms. The zero-order valence-electron chi connectivity index (χ0n) is 13.8. The molecule has 3 atom stereocenters. The van der Waals surface area contributed by atoms with Crippen molar-refractivity contribution in [3.05, 3.63) is 29.8 Å². The number of fused-ring (bicyclic) bond motifs is 1. The Kier molecular flexibility index (Phi) is 3.52. The molecule has 24 heavy (non-hydrogen) atoms. The first-order chi connectivity index (χ1) is 11.5. The number of nitrogens with zero attached hydrogens (tertiary/aromatic N) is 2. The summed E-state index contributed by atoms with van der Waals surface area (Å²) in [6.07, 6.45) is 0. The third-order valence-electron chi connectivity index (χ3n) is 5.11. The van der Waals surface area contributed by atoms with Crippen molar-refractivity contribution in [3.8, 4) is 17.9 Å². The molecular weight excluding hydrogens is 308 g/mol. The van der Waals surface area contributed by atoms with E-state index in [1.165, 1.54) is 14.2 Å². The second-order valence-electron chi connectivity index (χ2n) is 5.81. The number of rotatable bonds is 5. The van der Waals surface area contributed by atoms with Crippen LogP contribution in [0.4, 0.5) is 0 Å². The first kappa shape index (κ1) is 16.3. The van der Waals surface area contributed by atoms with E-state index >= 15 is 0 Å². The predicted octanol–water partition coefficient (Wildman–Crippen LogP) is -0.400. The highest BCUT2D eigenvalue weighted by Gasteiger charge is 2.97. The van der Waals surface area contributed by atoms with E-state index in [9.17, 15) is 10.5 Å². The third-order valence-corrected chi connectivity index (χ3v) is 5.11. The topological polar surface area (TPSA) is 115 Å². The molecule has 7 heteroatoms. The van der Waals surface area contributed by atoms with Gasteiger partial charge in [0.05, 0.1) is 24.7 Å². The van der Waals surface area contributed by atoms with E-state index < -0.39 is 22.7 Å². The van der Waals surface area contributed by atoms with Gasteiger partial charge in [0.25, 0.3) is 5.84 Å². The first-order valence-corrected chi connectivity index (χ1v) is 7.60. The molecule has 1 fully saturated rings. The molecule has 0 saturated heterocycles. The average molecular weight is 327 g/mol. The Morgan fingerprint density at radius 2 is 1.88 bits per heavy atom. The summed E-state index contributed by atoms with van der Waals surface area (Å²) in [5, 5.41) is 19.9. The van der Waals surface area contributed by atoms with Crippen molar-refractivity contribution in [2.45, 2.75) is 18.8 Å². The van der Waals surface area contributed by atoms with Crippen LogP contribution in [0.1, 0.15) is 18.4 Å². The summed E-state index contributed by atoms with van der Waals surface area (Å²) in [7, 11) is 2.83. The molecule has 1 aliphatic heterocycles. The molecule has 0 spiro atoms. The Bertz CT molecular complexity index is 790. The van der Waals surface area contributed by atoms with Crippen LogP contribution in [0.25, 0.3) is 0 Å². The Morgan fingerprint density at radius 1 is 1.21 bits per heavy atom. The lowest BCUT2D eigenvalue weighted by atomic mass is 9.93. The summed E-state index contributed by atoms with van der Waals surface area (Å²) in [6, 6.07) is 11.8. The van der Waals surface area contributed by atoms with Gasteiger partial charge in [-0.25, -0.2) is 4.99 Å². The minimum Gasteiger partial charge on any atom is -0.494 e. The molecular formula is C17H19N4O3+. The number of ether oxygens (including phenoxy) is 3. The lowest BCUT2D eigenvalue weighted by Crippen LogP contribution is -2.90.